The molecule has 128 valence electrons. The van der Waals surface area contributed by atoms with Gasteiger partial charge in [-0.3, -0.25) is 4.40 Å². The molecule has 0 unspecified atom stereocenters. The van der Waals surface area contributed by atoms with Crippen molar-refractivity contribution in [3.63, 3.8) is 0 Å². The highest BCUT2D eigenvalue weighted by molar-refractivity contribution is 5.95. The molecule has 3 aromatic heterocycles. The Morgan fingerprint density at radius 2 is 1.73 bits per heavy atom. The van der Waals surface area contributed by atoms with Crippen molar-refractivity contribution in [2.45, 2.75) is 13.8 Å². The Morgan fingerprint density at radius 1 is 0.885 bits per heavy atom. The summed E-state index contributed by atoms with van der Waals surface area (Å²) in [5, 5.41) is 2.14. The van der Waals surface area contributed by atoms with E-state index in [1.54, 1.807) is 0 Å². The lowest BCUT2D eigenvalue weighted by molar-refractivity contribution is 0.867. The zero-order valence-corrected chi connectivity index (χ0v) is 14.8. The molecule has 0 atom stereocenters. The summed E-state index contributed by atoms with van der Waals surface area (Å²) in [5.74, 6) is 0.686. The number of pyridine rings is 1. The van der Waals surface area contributed by atoms with E-state index < -0.39 is 0 Å². The Morgan fingerprint density at radius 3 is 2.58 bits per heavy atom. The average Bonchev–Trinajstić information content (AvgIpc) is 3.06. The van der Waals surface area contributed by atoms with Gasteiger partial charge in [0.15, 0.2) is 0 Å². The minimum Gasteiger partial charge on any atom is -0.372 e. The van der Waals surface area contributed by atoms with Crippen LogP contribution in [-0.4, -0.2) is 32.4 Å². The maximum atomic E-state index is 5.00. The highest BCUT2D eigenvalue weighted by atomic mass is 15.1. The van der Waals surface area contributed by atoms with Crippen molar-refractivity contribution < 1.29 is 0 Å². The van der Waals surface area contributed by atoms with Gasteiger partial charge in [-0.05, 0) is 44.2 Å². The number of benzene rings is 2. The molecular formula is C21H19N5. The number of rotatable bonds is 3. The number of anilines is 1. The van der Waals surface area contributed by atoms with Crippen LogP contribution in [0.15, 0.2) is 54.7 Å². The van der Waals surface area contributed by atoms with Crippen LogP contribution >= 0.6 is 0 Å². The smallest absolute Gasteiger partial charge is 0.236 e. The van der Waals surface area contributed by atoms with E-state index in [-0.39, 0.29) is 0 Å². The summed E-state index contributed by atoms with van der Waals surface area (Å²) in [7, 11) is 0. The van der Waals surface area contributed by atoms with Gasteiger partial charge in [0.1, 0.15) is 5.65 Å². The number of aromatic nitrogens is 4. The second-order valence-electron chi connectivity index (χ2n) is 6.44. The third-order valence-electron chi connectivity index (χ3n) is 5.01. The molecule has 2 aromatic carbocycles. The zero-order chi connectivity index (χ0) is 17.7. The van der Waals surface area contributed by atoms with Crippen molar-refractivity contribution in [1.82, 2.24) is 19.4 Å². The number of fused-ring (bicyclic) bond motifs is 6. The Hall–Kier alpha value is -3.21. The standard InChI is InChI=1S/C21H19N5/c1-3-25(4-2)16-10-9-14-11-15-13-22-21-24-17-7-5-6-8-19(17)26(21)20(15)23-18(14)12-16/h5-13H,3-4H2,1-2H3. The molecule has 0 spiro atoms. The lowest BCUT2D eigenvalue weighted by Crippen LogP contribution is -2.21. The lowest BCUT2D eigenvalue weighted by atomic mass is 10.1. The van der Waals surface area contributed by atoms with Crippen molar-refractivity contribution in [3.05, 3.63) is 54.7 Å². The molecule has 0 amide bonds. The predicted molar refractivity (Wildman–Crippen MR) is 107 cm³/mol. The number of para-hydroxylation sites is 2. The van der Waals surface area contributed by atoms with Crippen LogP contribution in [-0.2, 0) is 0 Å². The molecule has 0 aliphatic rings. The maximum absolute atomic E-state index is 5.00. The first-order valence-corrected chi connectivity index (χ1v) is 9.00. The first-order chi connectivity index (χ1) is 12.8. The van der Waals surface area contributed by atoms with Crippen LogP contribution < -0.4 is 4.90 Å². The van der Waals surface area contributed by atoms with Gasteiger partial charge in [-0.1, -0.05) is 18.2 Å². The third kappa shape index (κ3) is 2.13. The topological polar surface area (TPSA) is 46.3 Å². The molecule has 26 heavy (non-hydrogen) atoms. The van der Waals surface area contributed by atoms with E-state index in [9.17, 15) is 0 Å². The van der Waals surface area contributed by atoms with Gasteiger partial charge in [0.05, 0.1) is 16.6 Å². The average molecular weight is 341 g/mol. The van der Waals surface area contributed by atoms with Crippen molar-refractivity contribution in [2.75, 3.05) is 18.0 Å². The molecular weight excluding hydrogens is 322 g/mol. The summed E-state index contributed by atoms with van der Waals surface area (Å²) >= 11 is 0. The normalized spacial score (nSPS) is 11.8. The fourth-order valence-corrected chi connectivity index (χ4v) is 3.66. The number of nitrogens with zero attached hydrogens (tertiary/aromatic N) is 5. The van der Waals surface area contributed by atoms with Crippen molar-refractivity contribution >= 4 is 44.4 Å². The van der Waals surface area contributed by atoms with Gasteiger partial charge >= 0.3 is 0 Å². The quantitative estimate of drug-likeness (QED) is 0.455. The molecule has 5 nitrogen and oxygen atoms in total. The lowest BCUT2D eigenvalue weighted by Gasteiger charge is -2.21. The van der Waals surface area contributed by atoms with Crippen LogP contribution in [0, 0.1) is 0 Å². The molecule has 0 fully saturated rings. The van der Waals surface area contributed by atoms with Gasteiger partial charge in [0.25, 0.3) is 0 Å². The highest BCUT2D eigenvalue weighted by Crippen LogP contribution is 2.26. The number of hydrogen-bond donors (Lipinski definition) is 0. The largest absolute Gasteiger partial charge is 0.372 e. The fraction of sp³-hybridized carbons (Fsp3) is 0.190. The van der Waals surface area contributed by atoms with Crippen LogP contribution in [0.25, 0.3) is 38.7 Å². The zero-order valence-electron chi connectivity index (χ0n) is 14.8. The summed E-state index contributed by atoms with van der Waals surface area (Å²) in [6.07, 6.45) is 1.86. The molecule has 5 rings (SSSR count). The van der Waals surface area contributed by atoms with Gasteiger partial charge in [-0.15, -0.1) is 0 Å². The maximum Gasteiger partial charge on any atom is 0.236 e. The molecule has 0 saturated heterocycles. The van der Waals surface area contributed by atoms with Crippen molar-refractivity contribution in [2.24, 2.45) is 0 Å². The van der Waals surface area contributed by atoms with Crippen LogP contribution in [0.4, 0.5) is 5.69 Å². The minimum absolute atomic E-state index is 0.686. The Balaban J connectivity index is 1.86. The summed E-state index contributed by atoms with van der Waals surface area (Å²) in [6, 6.07) is 16.7. The SMILES string of the molecule is CCN(CC)c1ccc2cc3cnc4nc5ccccc5n4c3nc2c1. The summed E-state index contributed by atoms with van der Waals surface area (Å²) in [6.45, 7) is 6.31. The summed E-state index contributed by atoms with van der Waals surface area (Å²) < 4.78 is 2.05. The molecule has 0 saturated carbocycles. The van der Waals surface area contributed by atoms with E-state index >= 15 is 0 Å². The first-order valence-electron chi connectivity index (χ1n) is 9.00. The molecule has 0 radical (unpaired) electrons. The monoisotopic (exact) mass is 341 g/mol. The fourth-order valence-electron chi connectivity index (χ4n) is 3.66. The third-order valence-corrected chi connectivity index (χ3v) is 5.01. The summed E-state index contributed by atoms with van der Waals surface area (Å²) in [5.41, 5.74) is 5.06. The van der Waals surface area contributed by atoms with Gasteiger partial charge in [-0.25, -0.2) is 15.0 Å². The van der Waals surface area contributed by atoms with E-state index in [0.29, 0.717) is 5.78 Å². The molecule has 5 heteroatoms. The van der Waals surface area contributed by atoms with Crippen LogP contribution in [0.2, 0.25) is 0 Å². The van der Waals surface area contributed by atoms with Crippen molar-refractivity contribution in [1.29, 1.82) is 0 Å². The second kappa shape index (κ2) is 5.66. The van der Waals surface area contributed by atoms with Gasteiger partial charge in [0, 0.05) is 35.7 Å². The van der Waals surface area contributed by atoms with Crippen LogP contribution in [0.1, 0.15) is 13.8 Å². The van der Waals surface area contributed by atoms with E-state index in [1.807, 2.05) is 28.8 Å². The Kier molecular flexibility index (Phi) is 3.28. The van der Waals surface area contributed by atoms with Gasteiger partial charge in [-0.2, -0.15) is 0 Å². The molecule has 5 aromatic rings. The van der Waals surface area contributed by atoms with Crippen LogP contribution in [0.3, 0.4) is 0 Å². The van der Waals surface area contributed by atoms with E-state index in [1.165, 1.54) is 5.69 Å². The van der Waals surface area contributed by atoms with E-state index in [0.717, 1.165) is 46.1 Å². The molecule has 0 N–H and O–H groups in total. The second-order valence-corrected chi connectivity index (χ2v) is 6.44. The predicted octanol–water partition coefficient (Wildman–Crippen LogP) is 4.43. The number of imidazole rings is 1. The molecule has 3 heterocycles. The highest BCUT2D eigenvalue weighted by Gasteiger charge is 2.11. The first kappa shape index (κ1) is 15.1. The number of hydrogen-bond acceptors (Lipinski definition) is 4. The summed E-state index contributed by atoms with van der Waals surface area (Å²) in [4.78, 5) is 16.5. The van der Waals surface area contributed by atoms with Crippen molar-refractivity contribution in [3.8, 4) is 0 Å². The molecule has 0 aliphatic heterocycles. The molecule has 0 aliphatic carbocycles. The van der Waals surface area contributed by atoms with Gasteiger partial charge in [0.2, 0.25) is 5.78 Å². The van der Waals surface area contributed by atoms with Crippen LogP contribution in [0.5, 0.6) is 0 Å². The molecule has 0 bridgehead atoms. The van der Waals surface area contributed by atoms with Gasteiger partial charge < -0.3 is 4.90 Å². The Bertz CT molecular complexity index is 1270. The van der Waals surface area contributed by atoms with E-state index in [2.05, 4.69) is 59.0 Å². The minimum atomic E-state index is 0.686. The Labute approximate surface area is 150 Å². The van der Waals surface area contributed by atoms with E-state index in [4.69, 9.17) is 4.98 Å².